The highest BCUT2D eigenvalue weighted by atomic mass is 19.2. The molecule has 0 fully saturated rings. The third-order valence-electron chi connectivity index (χ3n) is 9.16. The molecule has 0 saturated heterocycles. The summed E-state index contributed by atoms with van der Waals surface area (Å²) in [6.07, 6.45) is -2.11. The molecule has 6 rings (SSSR count). The fourth-order valence-electron chi connectivity index (χ4n) is 6.49. The van der Waals surface area contributed by atoms with Gasteiger partial charge in [-0.15, -0.1) is 21.9 Å². The van der Waals surface area contributed by atoms with Crippen molar-refractivity contribution in [1.82, 2.24) is 4.98 Å². The van der Waals surface area contributed by atoms with Crippen molar-refractivity contribution in [3.05, 3.63) is 171 Å². The first-order chi connectivity index (χ1) is 29.5. The van der Waals surface area contributed by atoms with Crippen LogP contribution >= 0.6 is 0 Å². The third-order valence-corrected chi connectivity index (χ3v) is 9.16. The van der Waals surface area contributed by atoms with E-state index in [0.29, 0.717) is 18.1 Å². The van der Waals surface area contributed by atoms with Crippen LogP contribution in [-0.2, 0) is 6.54 Å². The first-order valence-electron chi connectivity index (χ1n) is 16.8. The molecule has 1 aromatic heterocycles. The molecule has 63 heavy (non-hydrogen) atoms. The summed E-state index contributed by atoms with van der Waals surface area (Å²) in [5.41, 5.74) is -13.6. The SMILES string of the molecule is CCOc1c[n+](CC(=O)c2ccccc2)ccn1.Fc1c(F)c(F)c([B-](c2c(F)c(F)c(F)c(F)c2F)(c2c(F)c(F)c(F)c(F)c2F)c2c(F)c(F)c(F)c(F)c2F)c(F)c1F. The van der Waals surface area contributed by atoms with Crippen LogP contribution in [0.1, 0.15) is 17.3 Å². The summed E-state index contributed by atoms with van der Waals surface area (Å²) in [6.45, 7) is 2.74. The highest BCUT2D eigenvalue weighted by Crippen LogP contribution is 2.30. The van der Waals surface area contributed by atoms with Gasteiger partial charge in [-0.05, 0) is 6.92 Å². The number of aromatic nitrogens is 2. The number of benzene rings is 5. The summed E-state index contributed by atoms with van der Waals surface area (Å²) in [5, 5.41) is 0. The average molecular weight is 922 g/mol. The van der Waals surface area contributed by atoms with E-state index in [0.717, 1.165) is 0 Å². The number of hydrogen-bond donors (Lipinski definition) is 0. The zero-order chi connectivity index (χ0) is 47.2. The topological polar surface area (TPSA) is 43.1 Å². The molecule has 6 aromatic rings. The number of carbonyl (C=O) groups excluding carboxylic acids is 1. The number of rotatable bonds is 9. The van der Waals surface area contributed by atoms with Gasteiger partial charge >= 0.3 is 0 Å². The first-order valence-corrected chi connectivity index (χ1v) is 16.8. The fraction of sp³-hybridized carbons (Fsp3) is 0.0789. The van der Waals surface area contributed by atoms with Crippen LogP contribution < -0.4 is 31.2 Å². The van der Waals surface area contributed by atoms with Gasteiger partial charge in [0.2, 0.25) is 18.5 Å². The molecule has 0 radical (unpaired) electrons. The molecule has 0 aliphatic rings. The Kier molecular flexibility index (Phi) is 13.5. The molecular weight excluding hydrogens is 907 g/mol. The van der Waals surface area contributed by atoms with Crippen molar-refractivity contribution in [3.8, 4) is 5.88 Å². The van der Waals surface area contributed by atoms with Crippen LogP contribution in [0, 0.1) is 116 Å². The maximum Gasteiger partial charge on any atom is 0.279 e. The van der Waals surface area contributed by atoms with Crippen molar-refractivity contribution in [2.75, 3.05) is 6.61 Å². The van der Waals surface area contributed by atoms with Crippen molar-refractivity contribution in [2.24, 2.45) is 0 Å². The van der Waals surface area contributed by atoms with Crippen molar-refractivity contribution in [1.29, 1.82) is 0 Å². The molecule has 0 atom stereocenters. The van der Waals surface area contributed by atoms with Gasteiger partial charge < -0.3 is 4.74 Å². The van der Waals surface area contributed by atoms with Gasteiger partial charge in [-0.25, -0.2) is 92.8 Å². The van der Waals surface area contributed by atoms with Crippen LogP contribution in [-0.4, -0.2) is 23.5 Å². The molecule has 0 saturated carbocycles. The molecule has 1 heterocycles. The van der Waals surface area contributed by atoms with Crippen molar-refractivity contribution >= 4 is 33.8 Å². The van der Waals surface area contributed by atoms with Gasteiger partial charge in [-0.3, -0.25) is 4.79 Å². The van der Waals surface area contributed by atoms with Crippen LogP contribution in [0.4, 0.5) is 87.8 Å². The molecular formula is C38H15BF20N2O2. The minimum atomic E-state index is -7.22. The molecule has 0 unspecified atom stereocenters. The van der Waals surface area contributed by atoms with E-state index in [1.54, 1.807) is 23.2 Å². The number of nitrogens with zero attached hydrogens (tertiary/aromatic N) is 2. The Morgan fingerprint density at radius 2 is 0.762 bits per heavy atom. The molecule has 0 spiro atoms. The minimum absolute atomic E-state index is 0.0641. The molecule has 0 amide bonds. The zero-order valence-corrected chi connectivity index (χ0v) is 30.4. The van der Waals surface area contributed by atoms with E-state index in [9.17, 15) is 57.5 Å². The summed E-state index contributed by atoms with van der Waals surface area (Å²) in [6, 6.07) is 9.23. The lowest BCUT2D eigenvalue weighted by Gasteiger charge is -2.44. The number of carbonyl (C=O) groups is 1. The Hall–Kier alpha value is -6.69. The lowest BCUT2D eigenvalue weighted by atomic mass is 9.12. The molecule has 0 aliphatic heterocycles. The second-order valence-corrected chi connectivity index (χ2v) is 12.6. The lowest BCUT2D eigenvalue weighted by Crippen LogP contribution is -2.81. The molecule has 0 aliphatic carbocycles. The van der Waals surface area contributed by atoms with Gasteiger partial charge in [0, 0.05) is 5.56 Å². The number of Topliss-reactive ketones (excluding diaryl/α,β-unsaturated/α-hetero) is 1. The van der Waals surface area contributed by atoms with E-state index in [4.69, 9.17) is 4.74 Å². The highest BCUT2D eigenvalue weighted by molar-refractivity contribution is 7.20. The minimum Gasteiger partial charge on any atom is -0.474 e. The van der Waals surface area contributed by atoms with Crippen LogP contribution in [0.3, 0.4) is 0 Å². The Labute approximate surface area is 337 Å². The Morgan fingerprint density at radius 1 is 0.476 bits per heavy atom. The van der Waals surface area contributed by atoms with Crippen molar-refractivity contribution in [3.63, 3.8) is 0 Å². The average Bonchev–Trinajstić information content (AvgIpc) is 3.27. The lowest BCUT2D eigenvalue weighted by molar-refractivity contribution is -0.684. The molecule has 0 N–H and O–H groups in total. The van der Waals surface area contributed by atoms with E-state index < -0.39 is 144 Å². The molecule has 5 aromatic carbocycles. The van der Waals surface area contributed by atoms with Gasteiger partial charge in [-0.2, -0.15) is 4.57 Å². The van der Waals surface area contributed by atoms with Gasteiger partial charge in [0.25, 0.3) is 5.88 Å². The normalized spacial score (nSPS) is 11.4. The third kappa shape index (κ3) is 7.76. The van der Waals surface area contributed by atoms with Gasteiger partial charge in [0.15, 0.2) is 76.0 Å². The highest BCUT2D eigenvalue weighted by Gasteiger charge is 2.52. The van der Waals surface area contributed by atoms with E-state index in [-0.39, 0.29) is 12.3 Å². The Balaban J connectivity index is 0.000000345. The molecule has 4 nitrogen and oxygen atoms in total. The standard InChI is InChI=1S/C24BF20.C14H15N2O2/c26-5-1(6(27)14(35)21(42)13(5)34)25(2-7(28)15(36)22(43)16(37)8(2)29,3-9(30)17(38)23(44)18(39)10(3)31)4-11(32)19(40)24(45)20(41)12(4)33;1-2-18-14-11-16(9-8-15-14)10-13(17)12-6-4-3-5-7-12/h;3-9,11H,2,10H2,1H3/q-1;+1. The first kappa shape index (κ1) is 47.4. The maximum absolute atomic E-state index is 15.4. The molecule has 332 valence electrons. The van der Waals surface area contributed by atoms with E-state index in [1.165, 1.54) is 0 Å². The summed E-state index contributed by atoms with van der Waals surface area (Å²) in [4.78, 5) is 16.1. The van der Waals surface area contributed by atoms with Crippen LogP contribution in [0.25, 0.3) is 0 Å². The largest absolute Gasteiger partial charge is 0.474 e. The second-order valence-electron chi connectivity index (χ2n) is 12.6. The molecule has 25 heteroatoms. The second kappa shape index (κ2) is 18.0. The Morgan fingerprint density at radius 3 is 1.05 bits per heavy atom. The van der Waals surface area contributed by atoms with Gasteiger partial charge in [0.1, 0.15) is 52.7 Å². The number of halogens is 20. The Bertz CT molecular complexity index is 2430. The quantitative estimate of drug-likeness (QED) is 0.0378. The maximum atomic E-state index is 15.4. The van der Waals surface area contributed by atoms with Crippen molar-refractivity contribution in [2.45, 2.75) is 13.5 Å². The number of ether oxygens (including phenoxy) is 1. The monoisotopic (exact) mass is 922 g/mol. The summed E-state index contributed by atoms with van der Waals surface area (Å²) in [5.74, 6) is -70.8. The predicted octanol–water partition coefficient (Wildman–Crippen LogP) is 7.50. The predicted molar refractivity (Wildman–Crippen MR) is 176 cm³/mol. The van der Waals surface area contributed by atoms with Crippen LogP contribution in [0.5, 0.6) is 5.88 Å². The van der Waals surface area contributed by atoms with Crippen molar-refractivity contribution < 1.29 is 102 Å². The number of hydrogen-bond acceptors (Lipinski definition) is 3. The summed E-state index contributed by atoms with van der Waals surface area (Å²) >= 11 is 0. The smallest absolute Gasteiger partial charge is 0.279 e. The van der Waals surface area contributed by atoms with Gasteiger partial charge in [0.05, 0.1) is 12.8 Å². The summed E-state index contributed by atoms with van der Waals surface area (Å²) in [7, 11) is 0. The summed E-state index contributed by atoms with van der Waals surface area (Å²) < 4.78 is 301. The van der Waals surface area contributed by atoms with Crippen LogP contribution in [0.15, 0.2) is 48.9 Å². The van der Waals surface area contributed by atoms with Crippen LogP contribution in [0.2, 0.25) is 0 Å². The van der Waals surface area contributed by atoms with E-state index >= 15 is 35.1 Å². The van der Waals surface area contributed by atoms with E-state index in [2.05, 4.69) is 4.98 Å². The van der Waals surface area contributed by atoms with Gasteiger partial charge in [-0.1, -0.05) is 30.3 Å². The van der Waals surface area contributed by atoms with E-state index in [1.807, 2.05) is 37.3 Å². The zero-order valence-electron chi connectivity index (χ0n) is 30.4. The number of ketones is 1. The molecule has 0 bridgehead atoms. The fourth-order valence-corrected chi connectivity index (χ4v) is 6.49.